The lowest BCUT2D eigenvalue weighted by Crippen LogP contribution is -2.21. The quantitative estimate of drug-likeness (QED) is 0.924. The fourth-order valence-electron chi connectivity index (χ4n) is 1.95. The molecular weight excluding hydrogens is 249 g/mol. The normalized spacial score (nSPS) is 12.4. The summed E-state index contributed by atoms with van der Waals surface area (Å²) < 4.78 is 13.8. The first kappa shape index (κ1) is 13.0. The first-order chi connectivity index (χ1) is 8.59. The van der Waals surface area contributed by atoms with Crippen LogP contribution in [-0.2, 0) is 6.54 Å². The van der Waals surface area contributed by atoms with E-state index in [2.05, 4.69) is 4.98 Å². The van der Waals surface area contributed by atoms with Crippen LogP contribution in [0.1, 0.15) is 24.2 Å². The third-order valence-electron chi connectivity index (χ3n) is 2.78. The fraction of sp³-hybridized carbons (Fsp3) is 0.308. The number of anilines is 1. The molecule has 5 heteroatoms. The molecule has 0 aliphatic heterocycles. The summed E-state index contributed by atoms with van der Waals surface area (Å²) in [6, 6.07) is 4.69. The SMILES string of the molecule is C[C@H](N)c1c(F)cccc1N(C)Cc1cscn1. The molecule has 96 valence electrons. The van der Waals surface area contributed by atoms with Crippen molar-refractivity contribution in [3.8, 4) is 0 Å². The molecule has 0 spiro atoms. The number of rotatable bonds is 4. The molecule has 18 heavy (non-hydrogen) atoms. The fourth-order valence-corrected chi connectivity index (χ4v) is 2.50. The van der Waals surface area contributed by atoms with Crippen LogP contribution >= 0.6 is 11.3 Å². The molecule has 0 saturated carbocycles. The van der Waals surface area contributed by atoms with Gasteiger partial charge in [0.15, 0.2) is 0 Å². The Hall–Kier alpha value is -1.46. The lowest BCUT2D eigenvalue weighted by Gasteiger charge is -2.23. The Morgan fingerprint density at radius 3 is 2.89 bits per heavy atom. The van der Waals surface area contributed by atoms with E-state index in [-0.39, 0.29) is 11.9 Å². The maximum atomic E-state index is 13.8. The van der Waals surface area contributed by atoms with Crippen LogP contribution in [-0.4, -0.2) is 12.0 Å². The zero-order chi connectivity index (χ0) is 13.1. The minimum Gasteiger partial charge on any atom is -0.368 e. The second kappa shape index (κ2) is 5.46. The lowest BCUT2D eigenvalue weighted by molar-refractivity contribution is 0.592. The summed E-state index contributed by atoms with van der Waals surface area (Å²) in [6.07, 6.45) is 0. The first-order valence-electron chi connectivity index (χ1n) is 5.71. The Labute approximate surface area is 110 Å². The van der Waals surface area contributed by atoms with Gasteiger partial charge >= 0.3 is 0 Å². The van der Waals surface area contributed by atoms with Crippen LogP contribution in [0.4, 0.5) is 10.1 Å². The predicted octanol–water partition coefficient (Wildman–Crippen LogP) is 2.94. The summed E-state index contributed by atoms with van der Waals surface area (Å²) in [4.78, 5) is 6.20. The van der Waals surface area contributed by atoms with Gasteiger partial charge in [0.2, 0.25) is 0 Å². The number of hydrogen-bond acceptors (Lipinski definition) is 4. The van der Waals surface area contributed by atoms with Crippen LogP contribution in [0.2, 0.25) is 0 Å². The van der Waals surface area contributed by atoms with Crippen molar-refractivity contribution in [3.05, 3.63) is 46.2 Å². The van der Waals surface area contributed by atoms with Crippen LogP contribution in [0, 0.1) is 5.82 Å². The van der Waals surface area contributed by atoms with E-state index in [1.54, 1.807) is 29.8 Å². The predicted molar refractivity (Wildman–Crippen MR) is 73.2 cm³/mol. The molecule has 0 fully saturated rings. The van der Waals surface area contributed by atoms with Gasteiger partial charge in [0.1, 0.15) is 5.82 Å². The van der Waals surface area contributed by atoms with E-state index >= 15 is 0 Å². The van der Waals surface area contributed by atoms with E-state index in [4.69, 9.17) is 5.73 Å². The molecule has 0 saturated heterocycles. The van der Waals surface area contributed by atoms with Gasteiger partial charge in [0.25, 0.3) is 0 Å². The average Bonchev–Trinajstić information content (AvgIpc) is 2.80. The monoisotopic (exact) mass is 265 g/mol. The minimum absolute atomic E-state index is 0.257. The van der Waals surface area contributed by atoms with Crippen molar-refractivity contribution in [1.29, 1.82) is 0 Å². The van der Waals surface area contributed by atoms with Gasteiger partial charge < -0.3 is 10.6 Å². The zero-order valence-electron chi connectivity index (χ0n) is 10.4. The standard InChI is InChI=1S/C13H16FN3S/c1-9(15)13-11(14)4-3-5-12(13)17(2)6-10-7-18-8-16-10/h3-5,7-9H,6,15H2,1-2H3/t9-/m0/s1. The van der Waals surface area contributed by atoms with E-state index in [0.717, 1.165) is 11.4 Å². The average molecular weight is 265 g/mol. The molecule has 1 aromatic carbocycles. The Balaban J connectivity index is 2.29. The highest BCUT2D eigenvalue weighted by molar-refractivity contribution is 7.07. The van der Waals surface area contributed by atoms with E-state index in [9.17, 15) is 4.39 Å². The van der Waals surface area contributed by atoms with Crippen molar-refractivity contribution in [2.75, 3.05) is 11.9 Å². The number of halogens is 1. The van der Waals surface area contributed by atoms with Crippen LogP contribution in [0.15, 0.2) is 29.1 Å². The number of hydrogen-bond donors (Lipinski definition) is 1. The molecule has 1 aromatic heterocycles. The van der Waals surface area contributed by atoms with Crippen molar-refractivity contribution in [3.63, 3.8) is 0 Å². The highest BCUT2D eigenvalue weighted by Crippen LogP contribution is 2.28. The van der Waals surface area contributed by atoms with Gasteiger partial charge in [-0.05, 0) is 19.1 Å². The Bertz CT molecular complexity index is 511. The summed E-state index contributed by atoms with van der Waals surface area (Å²) in [6.45, 7) is 2.44. The topological polar surface area (TPSA) is 42.1 Å². The second-order valence-electron chi connectivity index (χ2n) is 4.30. The number of thiazole rings is 1. The molecule has 0 aliphatic carbocycles. The van der Waals surface area contributed by atoms with Gasteiger partial charge in [-0.25, -0.2) is 9.37 Å². The van der Waals surface area contributed by atoms with Crippen LogP contribution < -0.4 is 10.6 Å². The van der Waals surface area contributed by atoms with E-state index in [0.29, 0.717) is 12.1 Å². The molecule has 1 atom stereocenters. The molecule has 0 amide bonds. The molecule has 0 radical (unpaired) electrons. The van der Waals surface area contributed by atoms with E-state index < -0.39 is 0 Å². The smallest absolute Gasteiger partial charge is 0.130 e. The number of aromatic nitrogens is 1. The Morgan fingerprint density at radius 2 is 2.28 bits per heavy atom. The van der Waals surface area contributed by atoms with Crippen LogP contribution in [0.5, 0.6) is 0 Å². The molecule has 0 aliphatic rings. The first-order valence-corrected chi connectivity index (χ1v) is 6.66. The molecule has 2 aromatic rings. The number of benzene rings is 1. The van der Waals surface area contributed by atoms with Crippen molar-refractivity contribution in [2.24, 2.45) is 5.73 Å². The summed E-state index contributed by atoms with van der Waals surface area (Å²) in [5, 5.41) is 1.99. The van der Waals surface area contributed by atoms with Gasteiger partial charge in [-0.1, -0.05) is 6.07 Å². The highest BCUT2D eigenvalue weighted by Gasteiger charge is 2.15. The van der Waals surface area contributed by atoms with Gasteiger partial charge in [-0.15, -0.1) is 11.3 Å². The summed E-state index contributed by atoms with van der Waals surface area (Å²) >= 11 is 1.55. The van der Waals surface area contributed by atoms with Gasteiger partial charge in [-0.3, -0.25) is 0 Å². The molecule has 1 heterocycles. The summed E-state index contributed by atoms with van der Waals surface area (Å²) in [5.41, 5.74) is 9.98. The zero-order valence-corrected chi connectivity index (χ0v) is 11.2. The molecule has 0 bridgehead atoms. The van der Waals surface area contributed by atoms with Crippen molar-refractivity contribution >= 4 is 17.0 Å². The van der Waals surface area contributed by atoms with Crippen LogP contribution in [0.3, 0.4) is 0 Å². The molecular formula is C13H16FN3S. The van der Waals surface area contributed by atoms with E-state index in [1.807, 2.05) is 23.4 Å². The highest BCUT2D eigenvalue weighted by atomic mass is 32.1. The van der Waals surface area contributed by atoms with Gasteiger partial charge in [0.05, 0.1) is 17.7 Å². The Morgan fingerprint density at radius 1 is 1.50 bits per heavy atom. The van der Waals surface area contributed by atoms with E-state index in [1.165, 1.54) is 6.07 Å². The number of nitrogens with zero attached hydrogens (tertiary/aromatic N) is 2. The maximum absolute atomic E-state index is 13.8. The van der Waals surface area contributed by atoms with Crippen molar-refractivity contribution in [2.45, 2.75) is 19.5 Å². The second-order valence-corrected chi connectivity index (χ2v) is 5.02. The number of nitrogens with two attached hydrogens (primary N) is 1. The van der Waals surface area contributed by atoms with Crippen molar-refractivity contribution in [1.82, 2.24) is 4.98 Å². The molecule has 2 N–H and O–H groups in total. The molecule has 2 rings (SSSR count). The molecule has 0 unspecified atom stereocenters. The summed E-state index contributed by atoms with van der Waals surface area (Å²) in [5.74, 6) is -0.257. The lowest BCUT2D eigenvalue weighted by atomic mass is 10.1. The maximum Gasteiger partial charge on any atom is 0.130 e. The molecule has 3 nitrogen and oxygen atoms in total. The van der Waals surface area contributed by atoms with Gasteiger partial charge in [-0.2, -0.15) is 0 Å². The van der Waals surface area contributed by atoms with Crippen molar-refractivity contribution < 1.29 is 4.39 Å². The minimum atomic E-state index is -0.334. The third-order valence-corrected chi connectivity index (χ3v) is 3.41. The van der Waals surface area contributed by atoms with Crippen LogP contribution in [0.25, 0.3) is 0 Å². The van der Waals surface area contributed by atoms with Gasteiger partial charge in [0, 0.05) is 29.7 Å². The summed E-state index contributed by atoms with van der Waals surface area (Å²) in [7, 11) is 1.92. The Kier molecular flexibility index (Phi) is 3.93. The largest absolute Gasteiger partial charge is 0.368 e. The third kappa shape index (κ3) is 2.68.